The van der Waals surface area contributed by atoms with Crippen molar-refractivity contribution < 1.29 is 24.9 Å². The number of hydrogen-bond acceptors (Lipinski definition) is 6. The molecule has 2 rings (SSSR count). The SMILES string of the molecule is NC(=O)c1cc([C@@H]2O[C@H](CO)[C@@H](O)[C@H]2O)n[nH]1. The maximum absolute atomic E-state index is 10.9. The third kappa shape index (κ3) is 2.03. The van der Waals surface area contributed by atoms with Crippen molar-refractivity contribution in [3.05, 3.63) is 17.5 Å². The van der Waals surface area contributed by atoms with E-state index in [2.05, 4.69) is 10.2 Å². The lowest BCUT2D eigenvalue weighted by Crippen LogP contribution is -2.32. The van der Waals surface area contributed by atoms with Gasteiger partial charge in [0.2, 0.25) is 0 Å². The number of nitrogens with two attached hydrogens (primary N) is 1. The van der Waals surface area contributed by atoms with Crippen molar-refractivity contribution in [1.29, 1.82) is 0 Å². The lowest BCUT2D eigenvalue weighted by molar-refractivity contribution is -0.0239. The van der Waals surface area contributed by atoms with Crippen LogP contribution in [0.5, 0.6) is 0 Å². The molecular weight excluding hydrogens is 230 g/mol. The van der Waals surface area contributed by atoms with E-state index in [4.69, 9.17) is 15.6 Å². The molecule has 6 N–H and O–H groups in total. The van der Waals surface area contributed by atoms with Crippen molar-refractivity contribution in [1.82, 2.24) is 10.2 Å². The number of carbonyl (C=O) groups is 1. The molecule has 8 nitrogen and oxygen atoms in total. The van der Waals surface area contributed by atoms with Gasteiger partial charge in [0.15, 0.2) is 0 Å². The molecule has 1 saturated heterocycles. The summed E-state index contributed by atoms with van der Waals surface area (Å²) in [5.74, 6) is -0.685. The number of aliphatic hydroxyl groups excluding tert-OH is 3. The zero-order valence-corrected chi connectivity index (χ0v) is 8.78. The first-order valence-corrected chi connectivity index (χ1v) is 5.02. The number of hydrogen-bond donors (Lipinski definition) is 5. The fraction of sp³-hybridized carbons (Fsp3) is 0.556. The quantitative estimate of drug-likeness (QED) is 0.403. The number of aromatic nitrogens is 2. The van der Waals surface area contributed by atoms with Crippen LogP contribution in [0.1, 0.15) is 22.3 Å². The van der Waals surface area contributed by atoms with Gasteiger partial charge < -0.3 is 25.8 Å². The number of carbonyl (C=O) groups excluding carboxylic acids is 1. The fourth-order valence-corrected chi connectivity index (χ4v) is 1.75. The van der Waals surface area contributed by atoms with Gasteiger partial charge in [-0.05, 0) is 6.07 Å². The second-order valence-corrected chi connectivity index (χ2v) is 3.83. The predicted molar refractivity (Wildman–Crippen MR) is 53.8 cm³/mol. The molecule has 1 aliphatic rings. The first-order valence-electron chi connectivity index (χ1n) is 5.02. The maximum Gasteiger partial charge on any atom is 0.266 e. The molecule has 4 atom stereocenters. The Bertz CT molecular complexity index is 421. The van der Waals surface area contributed by atoms with Crippen LogP contribution in [0.15, 0.2) is 6.07 Å². The molecule has 94 valence electrons. The molecular formula is C9H13N3O5. The van der Waals surface area contributed by atoms with Gasteiger partial charge in [0.1, 0.15) is 30.1 Å². The van der Waals surface area contributed by atoms with E-state index < -0.39 is 36.9 Å². The molecule has 8 heteroatoms. The molecule has 0 radical (unpaired) electrons. The number of aromatic amines is 1. The topological polar surface area (TPSA) is 142 Å². The predicted octanol–water partition coefficient (Wildman–Crippen LogP) is -2.34. The molecule has 0 saturated carbocycles. The summed E-state index contributed by atoms with van der Waals surface area (Å²) in [5, 5.41) is 34.3. The zero-order valence-electron chi connectivity index (χ0n) is 8.78. The summed E-state index contributed by atoms with van der Waals surface area (Å²) < 4.78 is 5.23. The standard InChI is InChI=1S/C9H13N3O5/c10-9(16)4-1-3(11-12-4)8-7(15)6(14)5(2-13)17-8/h1,5-8,13-15H,2H2,(H2,10,16)(H,11,12)/t5-,6-,7-,8+/m1/s1. The molecule has 0 aliphatic carbocycles. The largest absolute Gasteiger partial charge is 0.394 e. The van der Waals surface area contributed by atoms with E-state index >= 15 is 0 Å². The zero-order chi connectivity index (χ0) is 12.6. The average molecular weight is 243 g/mol. The van der Waals surface area contributed by atoms with E-state index in [0.29, 0.717) is 0 Å². The summed E-state index contributed by atoms with van der Waals surface area (Å²) in [5.41, 5.74) is 5.37. The van der Waals surface area contributed by atoms with Gasteiger partial charge in [0.25, 0.3) is 5.91 Å². The Morgan fingerprint density at radius 3 is 2.71 bits per heavy atom. The lowest BCUT2D eigenvalue weighted by Gasteiger charge is -2.11. The van der Waals surface area contributed by atoms with Gasteiger partial charge >= 0.3 is 0 Å². The minimum Gasteiger partial charge on any atom is -0.394 e. The highest BCUT2D eigenvalue weighted by molar-refractivity contribution is 5.90. The normalized spacial score (nSPS) is 32.9. The van der Waals surface area contributed by atoms with Crippen LogP contribution in [0.4, 0.5) is 0 Å². The van der Waals surface area contributed by atoms with Crippen LogP contribution in [-0.4, -0.2) is 56.3 Å². The summed E-state index contributed by atoms with van der Waals surface area (Å²) in [6.45, 7) is -0.415. The Balaban J connectivity index is 2.19. The molecule has 0 unspecified atom stereocenters. The number of rotatable bonds is 3. The van der Waals surface area contributed by atoms with Crippen LogP contribution in [-0.2, 0) is 4.74 Å². The molecule has 1 aromatic rings. The summed E-state index contributed by atoms with van der Waals surface area (Å²) in [7, 11) is 0. The Kier molecular flexibility index (Phi) is 3.11. The number of aliphatic hydroxyl groups is 3. The highest BCUT2D eigenvalue weighted by atomic mass is 16.6. The van der Waals surface area contributed by atoms with Crippen molar-refractivity contribution >= 4 is 5.91 Å². The van der Waals surface area contributed by atoms with Gasteiger partial charge in [0.05, 0.1) is 12.3 Å². The minimum atomic E-state index is -1.21. The Labute approximate surface area is 96.0 Å². The summed E-state index contributed by atoms with van der Waals surface area (Å²) >= 11 is 0. The van der Waals surface area contributed by atoms with E-state index in [0.717, 1.165) is 0 Å². The molecule has 0 spiro atoms. The van der Waals surface area contributed by atoms with Gasteiger partial charge in [-0.15, -0.1) is 0 Å². The molecule has 1 amide bonds. The van der Waals surface area contributed by atoms with Crippen molar-refractivity contribution in [3.63, 3.8) is 0 Å². The first-order chi connectivity index (χ1) is 8.04. The highest BCUT2D eigenvalue weighted by Crippen LogP contribution is 2.32. The molecule has 0 aromatic carbocycles. The molecule has 1 aliphatic heterocycles. The van der Waals surface area contributed by atoms with Gasteiger partial charge in [-0.3, -0.25) is 9.89 Å². The lowest BCUT2D eigenvalue weighted by atomic mass is 10.1. The van der Waals surface area contributed by atoms with Crippen molar-refractivity contribution in [2.24, 2.45) is 5.73 Å². The minimum absolute atomic E-state index is 0.0812. The van der Waals surface area contributed by atoms with Crippen LogP contribution in [0.3, 0.4) is 0 Å². The average Bonchev–Trinajstić information content (AvgIpc) is 2.87. The fourth-order valence-electron chi connectivity index (χ4n) is 1.75. The van der Waals surface area contributed by atoms with Gasteiger partial charge in [-0.1, -0.05) is 0 Å². The van der Waals surface area contributed by atoms with Crippen LogP contribution in [0.2, 0.25) is 0 Å². The summed E-state index contributed by atoms with van der Waals surface area (Å²) in [6, 6.07) is 1.34. The molecule has 17 heavy (non-hydrogen) atoms. The third-order valence-electron chi connectivity index (χ3n) is 2.70. The van der Waals surface area contributed by atoms with Crippen molar-refractivity contribution in [3.8, 4) is 0 Å². The number of nitrogens with one attached hydrogen (secondary N) is 1. The van der Waals surface area contributed by atoms with Crippen LogP contribution >= 0.6 is 0 Å². The van der Waals surface area contributed by atoms with Crippen molar-refractivity contribution in [2.75, 3.05) is 6.61 Å². The number of H-pyrrole nitrogens is 1. The van der Waals surface area contributed by atoms with E-state index in [1.165, 1.54) is 6.07 Å². The van der Waals surface area contributed by atoms with E-state index in [-0.39, 0.29) is 11.4 Å². The number of ether oxygens (including phenoxy) is 1. The van der Waals surface area contributed by atoms with Gasteiger partial charge in [-0.2, -0.15) is 5.10 Å². The van der Waals surface area contributed by atoms with Gasteiger partial charge in [-0.25, -0.2) is 0 Å². The van der Waals surface area contributed by atoms with E-state index in [1.807, 2.05) is 0 Å². The van der Waals surface area contributed by atoms with Crippen LogP contribution < -0.4 is 5.73 Å². The second kappa shape index (κ2) is 4.41. The Morgan fingerprint density at radius 1 is 1.53 bits per heavy atom. The summed E-state index contributed by atoms with van der Waals surface area (Å²) in [4.78, 5) is 10.9. The Morgan fingerprint density at radius 2 is 2.24 bits per heavy atom. The molecule has 1 fully saturated rings. The molecule has 0 bridgehead atoms. The monoisotopic (exact) mass is 243 g/mol. The van der Waals surface area contributed by atoms with Crippen LogP contribution in [0.25, 0.3) is 0 Å². The smallest absolute Gasteiger partial charge is 0.266 e. The molecule has 2 heterocycles. The third-order valence-corrected chi connectivity index (χ3v) is 2.70. The molecule has 1 aromatic heterocycles. The van der Waals surface area contributed by atoms with E-state index in [1.54, 1.807) is 0 Å². The van der Waals surface area contributed by atoms with E-state index in [9.17, 15) is 15.0 Å². The second-order valence-electron chi connectivity index (χ2n) is 3.83. The Hall–Kier alpha value is -1.48. The maximum atomic E-state index is 10.9. The number of nitrogens with zero attached hydrogens (tertiary/aromatic N) is 1. The van der Waals surface area contributed by atoms with Crippen molar-refractivity contribution in [2.45, 2.75) is 24.4 Å². The number of amides is 1. The highest BCUT2D eigenvalue weighted by Gasteiger charge is 2.44. The number of primary amides is 1. The van der Waals surface area contributed by atoms with Crippen LogP contribution in [0, 0.1) is 0 Å². The summed E-state index contributed by atoms with van der Waals surface area (Å²) in [6.07, 6.45) is -4.18. The first kappa shape index (κ1) is 12.0. The van der Waals surface area contributed by atoms with Gasteiger partial charge in [0, 0.05) is 0 Å².